The Morgan fingerprint density at radius 3 is 2.49 bits per heavy atom. The lowest BCUT2D eigenvalue weighted by Gasteiger charge is -2.20. The van der Waals surface area contributed by atoms with Crippen LogP contribution in [-0.2, 0) is 26.0 Å². The van der Waals surface area contributed by atoms with E-state index in [1.165, 1.54) is 6.20 Å². The van der Waals surface area contributed by atoms with E-state index in [2.05, 4.69) is 5.32 Å². The zero-order valence-electron chi connectivity index (χ0n) is 19.2. The van der Waals surface area contributed by atoms with Gasteiger partial charge in [0.1, 0.15) is 12.3 Å². The number of amides is 2. The van der Waals surface area contributed by atoms with Crippen LogP contribution in [0.2, 0.25) is 0 Å². The van der Waals surface area contributed by atoms with E-state index in [-0.39, 0.29) is 24.1 Å². The molecule has 1 fully saturated rings. The Hall–Kier alpha value is -3.53. The number of nitrogens with one attached hydrogen (secondary N) is 1. The fraction of sp³-hybridized carbons (Fsp3) is 0.360. The number of benzene rings is 2. The summed E-state index contributed by atoms with van der Waals surface area (Å²) in [6, 6.07) is 11.9. The minimum absolute atomic E-state index is 0.0304. The molecule has 0 aliphatic carbocycles. The smallest absolute Gasteiger partial charge is 0.242 e. The lowest BCUT2D eigenvalue weighted by molar-refractivity contribution is -0.131. The Labute approximate surface area is 203 Å². The van der Waals surface area contributed by atoms with Gasteiger partial charge in [-0.1, -0.05) is 31.0 Å². The number of para-hydroxylation sites is 1. The highest BCUT2D eigenvalue weighted by molar-refractivity contribution is 7.92. The summed E-state index contributed by atoms with van der Waals surface area (Å²) in [4.78, 5) is 27.5. The lowest BCUT2D eigenvalue weighted by atomic mass is 10.2. The Morgan fingerprint density at radius 1 is 0.943 bits per heavy atom. The molecule has 2 aromatic carbocycles. The van der Waals surface area contributed by atoms with Gasteiger partial charge < -0.3 is 24.3 Å². The number of hydrogen-bond donors (Lipinski definition) is 1. The van der Waals surface area contributed by atoms with E-state index in [9.17, 15) is 18.0 Å². The minimum Gasteiger partial charge on any atom is -0.454 e. The van der Waals surface area contributed by atoms with Crippen LogP contribution < -0.4 is 14.8 Å². The van der Waals surface area contributed by atoms with Gasteiger partial charge in [0.15, 0.2) is 21.3 Å². The number of anilines is 1. The molecule has 0 radical (unpaired) electrons. The molecule has 1 N–H and O–H groups in total. The summed E-state index contributed by atoms with van der Waals surface area (Å²) in [6.45, 7) is 1.61. The second-order valence-corrected chi connectivity index (χ2v) is 10.8. The molecule has 0 spiro atoms. The molecule has 3 aromatic rings. The van der Waals surface area contributed by atoms with Gasteiger partial charge in [0.25, 0.3) is 0 Å². The number of sulfone groups is 1. The summed E-state index contributed by atoms with van der Waals surface area (Å²) in [6.07, 6.45) is 5.68. The first-order chi connectivity index (χ1) is 16.9. The number of fused-ring (bicyclic) bond motifs is 2. The van der Waals surface area contributed by atoms with Crippen molar-refractivity contribution in [3.63, 3.8) is 0 Å². The fourth-order valence-electron chi connectivity index (χ4n) is 4.58. The summed E-state index contributed by atoms with van der Waals surface area (Å²) in [5, 5.41) is 3.10. The third-order valence-corrected chi connectivity index (χ3v) is 7.97. The second kappa shape index (κ2) is 9.61. The molecule has 0 saturated carbocycles. The molecular formula is C25H27N3O6S. The molecule has 2 aliphatic heterocycles. The zero-order valence-corrected chi connectivity index (χ0v) is 20.1. The molecule has 2 aliphatic rings. The van der Waals surface area contributed by atoms with Gasteiger partial charge in [-0.25, -0.2) is 8.42 Å². The van der Waals surface area contributed by atoms with Gasteiger partial charge >= 0.3 is 0 Å². The van der Waals surface area contributed by atoms with Crippen LogP contribution in [0.15, 0.2) is 53.6 Å². The van der Waals surface area contributed by atoms with Crippen molar-refractivity contribution in [3.8, 4) is 11.5 Å². The first kappa shape index (κ1) is 23.2. The largest absolute Gasteiger partial charge is 0.454 e. The first-order valence-corrected chi connectivity index (χ1v) is 13.3. The Bertz CT molecular complexity index is 1370. The SMILES string of the molecule is O=C(CS(=O)(=O)c1cn(CC(=O)N2CCCCCC2)c2ccccc12)Nc1ccc2c(c1)OCO2. The maximum absolute atomic E-state index is 13.3. The van der Waals surface area contributed by atoms with E-state index in [0.29, 0.717) is 28.1 Å². The lowest BCUT2D eigenvalue weighted by Crippen LogP contribution is -2.34. The molecule has 10 heteroatoms. The molecule has 1 aromatic heterocycles. The van der Waals surface area contributed by atoms with Crippen molar-refractivity contribution in [2.45, 2.75) is 37.1 Å². The standard InChI is InChI=1S/C25H27N3O6S/c29-24(26-18-9-10-21-22(13-18)34-17-33-21)16-35(31,32)23-14-28(20-8-4-3-7-19(20)23)15-25(30)27-11-5-1-2-6-12-27/h3-4,7-10,13-14H,1-2,5-6,11-12,15-17H2,(H,26,29). The summed E-state index contributed by atoms with van der Waals surface area (Å²) in [7, 11) is -3.98. The van der Waals surface area contributed by atoms with Crippen LogP contribution in [-0.4, -0.2) is 55.3 Å². The highest BCUT2D eigenvalue weighted by Gasteiger charge is 2.26. The highest BCUT2D eigenvalue weighted by atomic mass is 32.2. The van der Waals surface area contributed by atoms with Crippen LogP contribution >= 0.6 is 0 Å². The summed E-state index contributed by atoms with van der Waals surface area (Å²) in [5.41, 5.74) is 1.06. The normalized spacial score (nSPS) is 15.7. The van der Waals surface area contributed by atoms with E-state index in [0.717, 1.165) is 38.8 Å². The highest BCUT2D eigenvalue weighted by Crippen LogP contribution is 2.34. The quantitative estimate of drug-likeness (QED) is 0.561. The van der Waals surface area contributed by atoms with Crippen LogP contribution in [0, 0.1) is 0 Å². The third kappa shape index (κ3) is 4.97. The average molecular weight is 498 g/mol. The van der Waals surface area contributed by atoms with Gasteiger partial charge in [0, 0.05) is 41.9 Å². The number of ether oxygens (including phenoxy) is 2. The van der Waals surface area contributed by atoms with Crippen molar-refractivity contribution in [1.82, 2.24) is 9.47 Å². The summed E-state index contributed by atoms with van der Waals surface area (Å²) >= 11 is 0. The monoisotopic (exact) mass is 497 g/mol. The van der Waals surface area contributed by atoms with Gasteiger partial charge in [0.05, 0.1) is 4.90 Å². The van der Waals surface area contributed by atoms with Crippen LogP contribution in [0.3, 0.4) is 0 Å². The Morgan fingerprint density at radius 2 is 1.69 bits per heavy atom. The molecule has 0 unspecified atom stereocenters. The van der Waals surface area contributed by atoms with Crippen molar-refractivity contribution in [1.29, 1.82) is 0 Å². The number of rotatable bonds is 6. The van der Waals surface area contributed by atoms with Gasteiger partial charge in [-0.15, -0.1) is 0 Å². The molecule has 5 rings (SSSR count). The predicted octanol–water partition coefficient (Wildman–Crippen LogP) is 3.19. The summed E-state index contributed by atoms with van der Waals surface area (Å²) in [5.74, 6) is -0.366. The van der Waals surface area contributed by atoms with E-state index in [4.69, 9.17) is 9.47 Å². The maximum atomic E-state index is 13.3. The van der Waals surface area contributed by atoms with Gasteiger partial charge in [-0.3, -0.25) is 9.59 Å². The van der Waals surface area contributed by atoms with E-state index < -0.39 is 21.5 Å². The van der Waals surface area contributed by atoms with Gasteiger partial charge in [0.2, 0.25) is 18.6 Å². The van der Waals surface area contributed by atoms with Crippen LogP contribution in [0.4, 0.5) is 5.69 Å². The molecular weight excluding hydrogens is 470 g/mol. The van der Waals surface area contributed by atoms with E-state index in [1.807, 2.05) is 4.90 Å². The van der Waals surface area contributed by atoms with Crippen molar-refractivity contribution in [2.75, 3.05) is 31.0 Å². The van der Waals surface area contributed by atoms with Crippen LogP contribution in [0.25, 0.3) is 10.9 Å². The first-order valence-electron chi connectivity index (χ1n) is 11.7. The molecule has 3 heterocycles. The minimum atomic E-state index is -3.98. The van der Waals surface area contributed by atoms with E-state index >= 15 is 0 Å². The number of nitrogens with zero attached hydrogens (tertiary/aromatic N) is 2. The van der Waals surface area contributed by atoms with Gasteiger partial charge in [-0.2, -0.15) is 0 Å². The van der Waals surface area contributed by atoms with Crippen molar-refractivity contribution in [2.24, 2.45) is 0 Å². The number of carbonyl (C=O) groups is 2. The molecule has 9 nitrogen and oxygen atoms in total. The zero-order chi connectivity index (χ0) is 24.4. The number of aromatic nitrogens is 1. The molecule has 0 bridgehead atoms. The van der Waals surface area contributed by atoms with Crippen molar-refractivity contribution >= 4 is 38.2 Å². The van der Waals surface area contributed by atoms with Crippen LogP contribution in [0.5, 0.6) is 11.5 Å². The van der Waals surface area contributed by atoms with Crippen molar-refractivity contribution in [3.05, 3.63) is 48.7 Å². The molecule has 184 valence electrons. The number of hydrogen-bond acceptors (Lipinski definition) is 6. The molecule has 1 saturated heterocycles. The molecule has 0 atom stereocenters. The predicted molar refractivity (Wildman–Crippen MR) is 130 cm³/mol. The molecule has 2 amide bonds. The Balaban J connectivity index is 1.35. The van der Waals surface area contributed by atoms with Crippen molar-refractivity contribution < 1.29 is 27.5 Å². The number of likely N-dealkylation sites (tertiary alicyclic amines) is 1. The average Bonchev–Trinajstić information content (AvgIpc) is 3.34. The summed E-state index contributed by atoms with van der Waals surface area (Å²) < 4.78 is 38.8. The number of carbonyl (C=O) groups excluding carboxylic acids is 2. The van der Waals surface area contributed by atoms with Crippen LogP contribution in [0.1, 0.15) is 25.7 Å². The van der Waals surface area contributed by atoms with Gasteiger partial charge in [-0.05, 0) is 31.0 Å². The Kier molecular flexibility index (Phi) is 6.38. The van der Waals surface area contributed by atoms with E-state index in [1.54, 1.807) is 47.0 Å². The topological polar surface area (TPSA) is 107 Å². The third-order valence-electron chi connectivity index (χ3n) is 6.33. The molecule has 35 heavy (non-hydrogen) atoms. The maximum Gasteiger partial charge on any atom is 0.242 e. The fourth-order valence-corrected chi connectivity index (χ4v) is 5.95. The second-order valence-electron chi connectivity index (χ2n) is 8.81.